The number of carbonyl (C=O) groups is 1. The maximum absolute atomic E-state index is 12.2. The number of carbonyl (C=O) groups excluding carboxylic acids is 1. The van der Waals surface area contributed by atoms with E-state index < -0.39 is 5.91 Å². The van der Waals surface area contributed by atoms with Gasteiger partial charge in [-0.1, -0.05) is 24.3 Å². The van der Waals surface area contributed by atoms with Gasteiger partial charge in [0, 0.05) is 11.9 Å². The third kappa shape index (κ3) is 4.35. The predicted molar refractivity (Wildman–Crippen MR) is 90.1 cm³/mol. The first-order valence-electron chi connectivity index (χ1n) is 7.02. The molecule has 5 nitrogen and oxygen atoms in total. The molecule has 0 aliphatic carbocycles. The van der Waals surface area contributed by atoms with Gasteiger partial charge in [0.05, 0.1) is 12.8 Å². The number of para-hydroxylation sites is 1. The van der Waals surface area contributed by atoms with Crippen LogP contribution in [0.25, 0.3) is 0 Å². The summed E-state index contributed by atoms with van der Waals surface area (Å²) in [5.74, 6) is 0.0390. The summed E-state index contributed by atoms with van der Waals surface area (Å²) in [4.78, 5) is 12.2. The van der Waals surface area contributed by atoms with Gasteiger partial charge >= 0.3 is 0 Å². The maximum atomic E-state index is 12.2. The molecule has 116 valence electrons. The molecule has 0 aliphatic heterocycles. The van der Waals surface area contributed by atoms with E-state index in [2.05, 4.69) is 10.6 Å². The zero-order valence-electron chi connectivity index (χ0n) is 13.0. The molecule has 0 spiro atoms. The first-order valence-corrected chi connectivity index (χ1v) is 7.02. The van der Waals surface area contributed by atoms with Crippen molar-refractivity contribution in [3.05, 3.63) is 65.9 Å². The number of methoxy groups -OCH3 is 1. The highest BCUT2D eigenvalue weighted by atomic mass is 16.5. The number of benzene rings is 2. The van der Waals surface area contributed by atoms with Gasteiger partial charge in [-0.2, -0.15) is 5.26 Å². The van der Waals surface area contributed by atoms with Crippen molar-refractivity contribution in [2.45, 2.75) is 6.92 Å². The van der Waals surface area contributed by atoms with Crippen LogP contribution in [0, 0.1) is 18.3 Å². The molecule has 0 saturated heterocycles. The minimum atomic E-state index is -0.500. The number of aryl methyl sites for hydroxylation is 1. The summed E-state index contributed by atoms with van der Waals surface area (Å²) in [6, 6.07) is 16.6. The van der Waals surface area contributed by atoms with Crippen LogP contribution in [0.3, 0.4) is 0 Å². The van der Waals surface area contributed by atoms with Crippen LogP contribution in [-0.4, -0.2) is 13.0 Å². The van der Waals surface area contributed by atoms with E-state index in [-0.39, 0.29) is 5.57 Å². The Labute approximate surface area is 135 Å². The summed E-state index contributed by atoms with van der Waals surface area (Å²) < 4.78 is 5.21. The van der Waals surface area contributed by atoms with Crippen molar-refractivity contribution >= 4 is 17.3 Å². The lowest BCUT2D eigenvalue weighted by atomic mass is 10.2. The van der Waals surface area contributed by atoms with Crippen molar-refractivity contribution in [3.8, 4) is 11.8 Å². The van der Waals surface area contributed by atoms with Gasteiger partial charge in [-0.3, -0.25) is 4.79 Å². The fourth-order valence-corrected chi connectivity index (χ4v) is 1.95. The Morgan fingerprint density at radius 3 is 2.61 bits per heavy atom. The Balaban J connectivity index is 2.15. The fraction of sp³-hybridized carbons (Fsp3) is 0.111. The molecule has 0 bridgehead atoms. The van der Waals surface area contributed by atoms with Crippen LogP contribution in [0.5, 0.6) is 5.75 Å². The van der Waals surface area contributed by atoms with E-state index in [0.29, 0.717) is 11.4 Å². The zero-order valence-corrected chi connectivity index (χ0v) is 13.0. The summed E-state index contributed by atoms with van der Waals surface area (Å²) in [7, 11) is 1.53. The quantitative estimate of drug-likeness (QED) is 0.655. The highest BCUT2D eigenvalue weighted by Gasteiger charge is 2.12. The van der Waals surface area contributed by atoms with Crippen LogP contribution in [0.2, 0.25) is 0 Å². The van der Waals surface area contributed by atoms with Gasteiger partial charge in [0.25, 0.3) is 5.91 Å². The van der Waals surface area contributed by atoms with Gasteiger partial charge < -0.3 is 15.4 Å². The first-order chi connectivity index (χ1) is 11.1. The Morgan fingerprint density at radius 2 is 1.96 bits per heavy atom. The van der Waals surface area contributed by atoms with Crippen molar-refractivity contribution in [2.75, 3.05) is 17.7 Å². The Bertz CT molecular complexity index is 762. The number of anilines is 2. The van der Waals surface area contributed by atoms with Crippen LogP contribution in [0.4, 0.5) is 11.4 Å². The number of nitrogens with zero attached hydrogens (tertiary/aromatic N) is 1. The first kappa shape index (κ1) is 16.1. The second kappa shape index (κ2) is 7.66. The molecule has 2 N–H and O–H groups in total. The predicted octanol–water partition coefficient (Wildman–Crippen LogP) is 3.46. The zero-order chi connectivity index (χ0) is 16.7. The number of ether oxygens (including phenoxy) is 1. The number of amides is 1. The smallest absolute Gasteiger partial charge is 0.267 e. The molecule has 0 radical (unpaired) electrons. The third-order valence-corrected chi connectivity index (χ3v) is 3.13. The molecule has 0 aromatic heterocycles. The molecule has 23 heavy (non-hydrogen) atoms. The Kier molecular flexibility index (Phi) is 5.37. The molecular formula is C18H17N3O2. The summed E-state index contributed by atoms with van der Waals surface area (Å²) in [6.45, 7) is 1.91. The van der Waals surface area contributed by atoms with Crippen molar-refractivity contribution in [1.82, 2.24) is 0 Å². The second-order valence-electron chi connectivity index (χ2n) is 4.84. The number of hydrogen-bond acceptors (Lipinski definition) is 4. The minimum Gasteiger partial charge on any atom is -0.495 e. The maximum Gasteiger partial charge on any atom is 0.267 e. The molecule has 0 atom stereocenters. The van der Waals surface area contributed by atoms with Crippen LogP contribution in [0.1, 0.15) is 5.56 Å². The lowest BCUT2D eigenvalue weighted by Crippen LogP contribution is -2.15. The average molecular weight is 307 g/mol. The Morgan fingerprint density at radius 1 is 1.22 bits per heavy atom. The molecule has 2 rings (SSSR count). The highest BCUT2D eigenvalue weighted by molar-refractivity contribution is 6.07. The van der Waals surface area contributed by atoms with Crippen molar-refractivity contribution < 1.29 is 9.53 Å². The van der Waals surface area contributed by atoms with Gasteiger partial charge in [0.2, 0.25) is 0 Å². The molecule has 2 aromatic rings. The number of hydrogen-bond donors (Lipinski definition) is 2. The molecule has 0 heterocycles. The van der Waals surface area contributed by atoms with Crippen molar-refractivity contribution in [1.29, 1.82) is 5.26 Å². The van der Waals surface area contributed by atoms with E-state index in [1.54, 1.807) is 12.1 Å². The second-order valence-corrected chi connectivity index (χ2v) is 4.84. The Hall–Kier alpha value is -3.26. The van der Waals surface area contributed by atoms with Crippen LogP contribution >= 0.6 is 0 Å². The van der Waals surface area contributed by atoms with Crippen LogP contribution in [-0.2, 0) is 4.79 Å². The van der Waals surface area contributed by atoms with Crippen LogP contribution < -0.4 is 15.4 Å². The van der Waals surface area contributed by atoms with E-state index in [0.717, 1.165) is 11.3 Å². The average Bonchev–Trinajstić information content (AvgIpc) is 2.56. The van der Waals surface area contributed by atoms with Gasteiger partial charge in [-0.05, 0) is 36.8 Å². The van der Waals surface area contributed by atoms with Crippen molar-refractivity contribution in [3.63, 3.8) is 0 Å². The van der Waals surface area contributed by atoms with Gasteiger partial charge in [0.1, 0.15) is 17.4 Å². The molecule has 0 saturated carbocycles. The molecule has 5 heteroatoms. The molecular weight excluding hydrogens is 290 g/mol. The monoisotopic (exact) mass is 307 g/mol. The summed E-state index contributed by atoms with van der Waals surface area (Å²) in [5, 5.41) is 14.8. The van der Waals surface area contributed by atoms with E-state index in [1.807, 2.05) is 49.4 Å². The number of rotatable bonds is 5. The fourth-order valence-electron chi connectivity index (χ4n) is 1.95. The molecule has 0 unspecified atom stereocenters. The minimum absolute atomic E-state index is 0.0302. The highest BCUT2D eigenvalue weighted by Crippen LogP contribution is 2.25. The van der Waals surface area contributed by atoms with Gasteiger partial charge in [0.15, 0.2) is 0 Å². The summed E-state index contributed by atoms with van der Waals surface area (Å²) >= 11 is 0. The summed E-state index contributed by atoms with van der Waals surface area (Å²) in [6.07, 6.45) is 1.38. The largest absolute Gasteiger partial charge is 0.495 e. The molecule has 2 aromatic carbocycles. The topological polar surface area (TPSA) is 74.1 Å². The third-order valence-electron chi connectivity index (χ3n) is 3.13. The van der Waals surface area contributed by atoms with Gasteiger partial charge in [-0.25, -0.2) is 0 Å². The number of nitrogens with one attached hydrogen (secondary N) is 2. The molecule has 0 aliphatic rings. The lowest BCUT2D eigenvalue weighted by molar-refractivity contribution is -0.112. The van der Waals surface area contributed by atoms with E-state index in [4.69, 9.17) is 4.74 Å². The lowest BCUT2D eigenvalue weighted by Gasteiger charge is -2.10. The van der Waals surface area contributed by atoms with Gasteiger partial charge in [-0.15, -0.1) is 0 Å². The standard InChI is InChI=1S/C18H17N3O2/c1-13-8-9-17(23-2)16(10-13)21-18(22)14(11-19)12-20-15-6-4-3-5-7-15/h3-10,12,20H,1-2H3,(H,21,22)/b14-12-. The van der Waals surface area contributed by atoms with E-state index in [9.17, 15) is 10.1 Å². The molecule has 0 fully saturated rings. The van der Waals surface area contributed by atoms with Crippen LogP contribution in [0.15, 0.2) is 60.3 Å². The molecule has 1 amide bonds. The summed E-state index contributed by atoms with van der Waals surface area (Å²) in [5.41, 5.74) is 2.27. The van der Waals surface area contributed by atoms with E-state index in [1.165, 1.54) is 13.3 Å². The van der Waals surface area contributed by atoms with E-state index >= 15 is 0 Å². The van der Waals surface area contributed by atoms with Crippen molar-refractivity contribution in [2.24, 2.45) is 0 Å². The SMILES string of the molecule is COc1ccc(C)cc1NC(=O)/C(C#N)=C\Nc1ccccc1. The normalized spacial score (nSPS) is 10.6. The number of nitriles is 1.